The molecule has 0 aromatic heterocycles. The Morgan fingerprint density at radius 1 is 0.973 bits per heavy atom. The number of hydrogen-bond donors (Lipinski definition) is 0. The number of carbonyl (C=O) groups excluding carboxylic acids is 1. The molecule has 0 N–H and O–H groups in total. The molecule has 4 nitrogen and oxygen atoms in total. The van der Waals surface area contributed by atoms with Crippen molar-refractivity contribution in [2.45, 2.75) is 38.2 Å². The fourth-order valence-corrected chi connectivity index (χ4v) is 5.49. The summed E-state index contributed by atoms with van der Waals surface area (Å²) in [5.41, 5.74) is 6.84. The molecule has 1 fully saturated rings. The molecule has 0 bridgehead atoms. The van der Waals surface area contributed by atoms with Crippen molar-refractivity contribution >= 4 is 17.1 Å². The smallest absolute Gasteiger partial charge is 0.379 e. The van der Waals surface area contributed by atoms with E-state index in [1.807, 2.05) is 36.4 Å². The van der Waals surface area contributed by atoms with Crippen molar-refractivity contribution in [3.8, 4) is 5.75 Å². The Balaban J connectivity index is 1.47. The average molecular weight is 504 g/mol. The van der Waals surface area contributed by atoms with Gasteiger partial charge in [0.2, 0.25) is 0 Å². The van der Waals surface area contributed by atoms with Gasteiger partial charge in [-0.15, -0.1) is 0 Å². The first-order chi connectivity index (χ1) is 18.2. The van der Waals surface area contributed by atoms with E-state index >= 15 is 0 Å². The van der Waals surface area contributed by atoms with Gasteiger partial charge in [0.1, 0.15) is 11.9 Å². The summed E-state index contributed by atoms with van der Waals surface area (Å²) in [5, 5.41) is 0. The van der Waals surface area contributed by atoms with Crippen molar-refractivity contribution in [1.29, 1.82) is 0 Å². The standard InChI is InChI=1S/C31H31F2NO3/c32-17-5-18-34-19-16-27(21-34)36-26-13-10-23(11-14-26)30-28(22-6-2-1-3-7-22)9-4-8-24-20-25(31(35)37-33)12-15-29(24)30/h1-3,6-7,10-15,20,27H,4-5,8-9,16-19,21H2/t27-/m0/s1. The topological polar surface area (TPSA) is 38.8 Å². The molecular formula is C31H31F2NO3. The van der Waals surface area contributed by atoms with E-state index in [9.17, 15) is 13.7 Å². The number of alkyl halides is 1. The molecular weight excluding hydrogens is 472 g/mol. The second kappa shape index (κ2) is 11.7. The first kappa shape index (κ1) is 25.2. The minimum Gasteiger partial charge on any atom is -0.489 e. The van der Waals surface area contributed by atoms with Gasteiger partial charge in [-0.05, 0) is 89.8 Å². The van der Waals surface area contributed by atoms with Crippen LogP contribution in [0.15, 0.2) is 72.8 Å². The summed E-state index contributed by atoms with van der Waals surface area (Å²) in [6, 6.07) is 23.8. The van der Waals surface area contributed by atoms with E-state index < -0.39 is 5.97 Å². The highest BCUT2D eigenvalue weighted by atomic mass is 19.3. The highest BCUT2D eigenvalue weighted by Crippen LogP contribution is 2.40. The number of allylic oxidation sites excluding steroid dienone is 1. The van der Waals surface area contributed by atoms with Crippen LogP contribution in [-0.4, -0.2) is 43.3 Å². The molecule has 5 rings (SSSR count). The molecule has 1 aliphatic heterocycles. The highest BCUT2D eigenvalue weighted by Gasteiger charge is 2.24. The molecule has 0 saturated carbocycles. The van der Waals surface area contributed by atoms with Crippen LogP contribution in [0.2, 0.25) is 0 Å². The largest absolute Gasteiger partial charge is 0.489 e. The lowest BCUT2D eigenvalue weighted by Crippen LogP contribution is -2.26. The normalized spacial score (nSPS) is 17.8. The van der Waals surface area contributed by atoms with Crippen LogP contribution in [-0.2, 0) is 11.4 Å². The van der Waals surface area contributed by atoms with Crippen LogP contribution in [0.1, 0.15) is 58.3 Å². The third kappa shape index (κ3) is 5.75. The predicted molar refractivity (Wildman–Crippen MR) is 141 cm³/mol. The Kier molecular flexibility index (Phi) is 7.95. The van der Waals surface area contributed by atoms with Gasteiger partial charge in [0.25, 0.3) is 0 Å². The van der Waals surface area contributed by atoms with Gasteiger partial charge in [-0.2, -0.15) is 0 Å². The van der Waals surface area contributed by atoms with Crippen molar-refractivity contribution in [1.82, 2.24) is 4.90 Å². The Labute approximate surface area is 216 Å². The lowest BCUT2D eigenvalue weighted by Gasteiger charge is -2.19. The Hall–Kier alpha value is -3.51. The van der Waals surface area contributed by atoms with Gasteiger partial charge < -0.3 is 4.74 Å². The summed E-state index contributed by atoms with van der Waals surface area (Å²) >= 11 is 0. The third-order valence-corrected chi connectivity index (χ3v) is 7.26. The second-order valence-corrected chi connectivity index (χ2v) is 9.71. The van der Waals surface area contributed by atoms with Crippen LogP contribution in [0.3, 0.4) is 0 Å². The number of nitrogens with zero attached hydrogens (tertiary/aromatic N) is 1. The van der Waals surface area contributed by atoms with Gasteiger partial charge in [-0.3, -0.25) is 9.29 Å². The van der Waals surface area contributed by atoms with Crippen LogP contribution in [0.4, 0.5) is 8.92 Å². The van der Waals surface area contributed by atoms with Gasteiger partial charge in [0, 0.05) is 24.2 Å². The van der Waals surface area contributed by atoms with Crippen LogP contribution >= 0.6 is 0 Å². The molecule has 0 unspecified atom stereocenters. The van der Waals surface area contributed by atoms with E-state index in [1.54, 1.807) is 12.1 Å². The van der Waals surface area contributed by atoms with E-state index in [4.69, 9.17) is 4.74 Å². The summed E-state index contributed by atoms with van der Waals surface area (Å²) in [6.45, 7) is 2.25. The Morgan fingerprint density at radius 3 is 2.54 bits per heavy atom. The first-order valence-electron chi connectivity index (χ1n) is 13.0. The lowest BCUT2D eigenvalue weighted by molar-refractivity contribution is -0.0788. The van der Waals surface area contributed by atoms with Gasteiger partial charge >= 0.3 is 5.97 Å². The molecule has 1 aliphatic carbocycles. The lowest BCUT2D eigenvalue weighted by atomic mass is 9.87. The molecule has 0 radical (unpaired) electrons. The van der Waals surface area contributed by atoms with Gasteiger partial charge in [-0.25, -0.2) is 9.74 Å². The van der Waals surface area contributed by atoms with Crippen molar-refractivity contribution in [3.05, 3.63) is 101 Å². The summed E-state index contributed by atoms with van der Waals surface area (Å²) in [7, 11) is 0. The SMILES string of the molecule is O=C(OF)c1ccc2c(c1)CCCC(c1ccccc1)=C2c1ccc(O[C@H]2CCN(CCCF)C2)cc1. The molecule has 1 saturated heterocycles. The third-order valence-electron chi connectivity index (χ3n) is 7.26. The fraction of sp³-hybridized carbons (Fsp3) is 0.323. The molecule has 0 amide bonds. The second-order valence-electron chi connectivity index (χ2n) is 9.71. The molecule has 2 aliphatic rings. The average Bonchev–Trinajstić information content (AvgIpc) is 3.30. The predicted octanol–water partition coefficient (Wildman–Crippen LogP) is 6.84. The molecule has 37 heavy (non-hydrogen) atoms. The van der Waals surface area contributed by atoms with Crippen LogP contribution in [0.25, 0.3) is 11.1 Å². The summed E-state index contributed by atoms with van der Waals surface area (Å²) in [4.78, 5) is 17.6. The van der Waals surface area contributed by atoms with Crippen molar-refractivity contribution in [2.24, 2.45) is 0 Å². The molecule has 3 aromatic rings. The number of aryl methyl sites for hydroxylation is 1. The summed E-state index contributed by atoms with van der Waals surface area (Å²) in [5.74, 6) is -0.157. The number of likely N-dealkylation sites (tertiary alicyclic amines) is 1. The maximum atomic E-state index is 12.6. The van der Waals surface area contributed by atoms with E-state index in [-0.39, 0.29) is 18.3 Å². The van der Waals surface area contributed by atoms with E-state index in [2.05, 4.69) is 34.1 Å². The maximum Gasteiger partial charge on any atom is 0.379 e. The van der Waals surface area contributed by atoms with E-state index in [0.29, 0.717) is 6.42 Å². The van der Waals surface area contributed by atoms with Gasteiger partial charge in [0.05, 0.1) is 12.2 Å². The molecule has 3 aromatic carbocycles. The number of hydrogen-bond acceptors (Lipinski definition) is 4. The van der Waals surface area contributed by atoms with Crippen molar-refractivity contribution in [2.75, 3.05) is 26.3 Å². The van der Waals surface area contributed by atoms with Crippen molar-refractivity contribution in [3.63, 3.8) is 0 Å². The zero-order valence-corrected chi connectivity index (χ0v) is 20.8. The number of carbonyl (C=O) groups is 1. The number of fused-ring (bicyclic) bond motifs is 1. The highest BCUT2D eigenvalue weighted by molar-refractivity contribution is 6.00. The minimum atomic E-state index is -0.975. The van der Waals surface area contributed by atoms with E-state index in [0.717, 1.165) is 78.9 Å². The zero-order chi connectivity index (χ0) is 25.6. The monoisotopic (exact) mass is 503 g/mol. The summed E-state index contributed by atoms with van der Waals surface area (Å²) in [6.07, 6.45) is 4.19. The zero-order valence-electron chi connectivity index (χ0n) is 20.8. The van der Waals surface area contributed by atoms with Crippen LogP contribution in [0.5, 0.6) is 5.75 Å². The van der Waals surface area contributed by atoms with Crippen LogP contribution < -0.4 is 4.74 Å². The number of halogens is 2. The number of ether oxygens (including phenoxy) is 1. The quantitative estimate of drug-likeness (QED) is 0.338. The van der Waals surface area contributed by atoms with Gasteiger partial charge in [-0.1, -0.05) is 48.5 Å². The molecule has 1 heterocycles. The summed E-state index contributed by atoms with van der Waals surface area (Å²) < 4.78 is 31.3. The van der Waals surface area contributed by atoms with E-state index in [1.165, 1.54) is 5.57 Å². The number of benzene rings is 3. The molecule has 192 valence electrons. The van der Waals surface area contributed by atoms with Crippen molar-refractivity contribution < 1.29 is 23.4 Å². The Morgan fingerprint density at radius 2 is 1.78 bits per heavy atom. The Bertz CT molecular complexity index is 1260. The van der Waals surface area contributed by atoms with Gasteiger partial charge in [0.15, 0.2) is 0 Å². The minimum absolute atomic E-state index is 0.108. The maximum absolute atomic E-state index is 12.6. The molecule has 0 spiro atoms. The fourth-order valence-electron chi connectivity index (χ4n) is 5.49. The first-order valence-corrected chi connectivity index (χ1v) is 13.0. The molecule has 1 atom stereocenters. The van der Waals surface area contributed by atoms with Crippen LogP contribution in [0, 0.1) is 0 Å². The number of rotatable bonds is 8. The molecule has 6 heteroatoms.